The smallest absolute Gasteiger partial charge is 0.322 e. The number of alkyl halides is 3. The molecule has 0 bridgehead atoms. The van der Waals surface area contributed by atoms with Crippen molar-refractivity contribution >= 4 is 23.2 Å². The first-order valence-corrected chi connectivity index (χ1v) is 6.25. The van der Waals surface area contributed by atoms with Crippen LogP contribution in [-0.4, -0.2) is 10.9 Å². The number of nitrogens with one attached hydrogen (secondary N) is 1. The van der Waals surface area contributed by atoms with Crippen molar-refractivity contribution in [3.8, 4) is 0 Å². The van der Waals surface area contributed by atoms with Crippen LogP contribution in [0.1, 0.15) is 21.5 Å². The summed E-state index contributed by atoms with van der Waals surface area (Å²) < 4.78 is 38.0. The first-order valence-electron chi connectivity index (χ1n) is 5.88. The number of carbonyl (C=O) groups is 1. The average Bonchev–Trinajstić information content (AvgIpc) is 2.40. The van der Waals surface area contributed by atoms with Gasteiger partial charge in [-0.05, 0) is 30.7 Å². The zero-order valence-electron chi connectivity index (χ0n) is 10.8. The van der Waals surface area contributed by atoms with Crippen molar-refractivity contribution < 1.29 is 18.0 Å². The van der Waals surface area contributed by atoms with Crippen LogP contribution < -0.4 is 5.32 Å². The minimum Gasteiger partial charge on any atom is -0.322 e. The largest absolute Gasteiger partial charge is 0.416 e. The minimum atomic E-state index is -4.47. The molecular formula is C14H10ClF3N2O. The minimum absolute atomic E-state index is 0.0785. The third-order valence-electron chi connectivity index (χ3n) is 2.83. The second-order valence-corrected chi connectivity index (χ2v) is 4.74. The maximum atomic E-state index is 12.7. The highest BCUT2D eigenvalue weighted by atomic mass is 35.5. The van der Waals surface area contributed by atoms with Crippen LogP contribution in [0.4, 0.5) is 18.9 Å². The SMILES string of the molecule is Cc1ccc(C(F)(F)F)cc1NC(=O)c1cnccc1Cl. The van der Waals surface area contributed by atoms with Crippen LogP contribution >= 0.6 is 11.6 Å². The Morgan fingerprint density at radius 1 is 1.29 bits per heavy atom. The van der Waals surface area contributed by atoms with Crippen molar-refractivity contribution in [2.45, 2.75) is 13.1 Å². The third kappa shape index (κ3) is 3.52. The fraction of sp³-hybridized carbons (Fsp3) is 0.143. The van der Waals surface area contributed by atoms with Crippen molar-refractivity contribution in [2.75, 3.05) is 5.32 Å². The highest BCUT2D eigenvalue weighted by Gasteiger charge is 2.31. The molecule has 0 aliphatic carbocycles. The summed E-state index contributed by atoms with van der Waals surface area (Å²) in [5.74, 6) is -0.615. The Bertz CT molecular complexity index is 686. The Labute approximate surface area is 123 Å². The topological polar surface area (TPSA) is 42.0 Å². The summed E-state index contributed by atoms with van der Waals surface area (Å²) in [6, 6.07) is 4.57. The maximum absolute atomic E-state index is 12.7. The van der Waals surface area contributed by atoms with E-state index in [1.807, 2.05) is 0 Å². The second kappa shape index (κ2) is 5.73. The quantitative estimate of drug-likeness (QED) is 0.897. The molecule has 2 aromatic rings. The lowest BCUT2D eigenvalue weighted by Gasteiger charge is -2.12. The molecule has 1 amide bonds. The molecule has 1 N–H and O–H groups in total. The van der Waals surface area contributed by atoms with Gasteiger partial charge in [0.25, 0.3) is 5.91 Å². The predicted octanol–water partition coefficient (Wildman–Crippen LogP) is 4.31. The summed E-state index contributed by atoms with van der Waals surface area (Å²) in [6.07, 6.45) is -1.81. The summed E-state index contributed by atoms with van der Waals surface area (Å²) in [7, 11) is 0. The number of aromatic nitrogens is 1. The Kier molecular flexibility index (Phi) is 4.18. The lowest BCUT2D eigenvalue weighted by Crippen LogP contribution is -2.15. The molecule has 110 valence electrons. The van der Waals surface area contributed by atoms with Gasteiger partial charge in [0.1, 0.15) is 0 Å². The number of rotatable bonds is 2. The zero-order chi connectivity index (χ0) is 15.6. The number of nitrogens with zero attached hydrogens (tertiary/aromatic N) is 1. The molecule has 1 aromatic heterocycles. The Balaban J connectivity index is 2.31. The van der Waals surface area contributed by atoms with Crippen LogP contribution in [0.2, 0.25) is 5.02 Å². The van der Waals surface area contributed by atoms with E-state index in [0.29, 0.717) is 5.56 Å². The number of hydrogen-bond donors (Lipinski definition) is 1. The van der Waals surface area contributed by atoms with Gasteiger partial charge in [0.2, 0.25) is 0 Å². The summed E-state index contributed by atoms with van der Waals surface area (Å²) in [4.78, 5) is 15.8. The lowest BCUT2D eigenvalue weighted by molar-refractivity contribution is -0.137. The number of benzene rings is 1. The molecule has 0 saturated carbocycles. The van der Waals surface area contributed by atoms with E-state index in [0.717, 1.165) is 12.1 Å². The average molecular weight is 315 g/mol. The summed E-state index contributed by atoms with van der Waals surface area (Å²) in [5, 5.41) is 2.59. The van der Waals surface area contributed by atoms with E-state index < -0.39 is 17.6 Å². The molecule has 0 unspecified atom stereocenters. The molecule has 0 fully saturated rings. The molecule has 21 heavy (non-hydrogen) atoms. The molecule has 0 spiro atoms. The first-order chi connectivity index (χ1) is 9.79. The van der Waals surface area contributed by atoms with Crippen molar-refractivity contribution in [1.29, 1.82) is 0 Å². The van der Waals surface area contributed by atoms with Crippen LogP contribution in [0.25, 0.3) is 0 Å². The van der Waals surface area contributed by atoms with Crippen LogP contribution in [0, 0.1) is 6.92 Å². The summed E-state index contributed by atoms with van der Waals surface area (Å²) in [6.45, 7) is 1.60. The van der Waals surface area contributed by atoms with Crippen LogP contribution in [-0.2, 0) is 6.18 Å². The van der Waals surface area contributed by atoms with Gasteiger partial charge in [-0.15, -0.1) is 0 Å². The van der Waals surface area contributed by atoms with Gasteiger partial charge in [0.15, 0.2) is 0 Å². The number of anilines is 1. The molecule has 0 aliphatic heterocycles. The third-order valence-corrected chi connectivity index (χ3v) is 3.16. The molecule has 0 aliphatic rings. The maximum Gasteiger partial charge on any atom is 0.416 e. The summed E-state index contributed by atoms with van der Waals surface area (Å²) >= 11 is 5.85. The van der Waals surface area contributed by atoms with Gasteiger partial charge in [0.05, 0.1) is 16.1 Å². The Morgan fingerprint density at radius 2 is 2.00 bits per heavy atom. The normalized spacial score (nSPS) is 11.3. The molecule has 1 aromatic carbocycles. The molecule has 0 saturated heterocycles. The van der Waals surface area contributed by atoms with Gasteiger partial charge >= 0.3 is 6.18 Å². The fourth-order valence-electron chi connectivity index (χ4n) is 1.67. The Morgan fingerprint density at radius 3 is 2.62 bits per heavy atom. The highest BCUT2D eigenvalue weighted by molar-refractivity contribution is 6.34. The standard InChI is InChI=1S/C14H10ClF3N2O/c1-8-2-3-9(14(16,17)18)6-12(8)20-13(21)10-7-19-5-4-11(10)15/h2-7H,1H3,(H,20,21). The van der Waals surface area contributed by atoms with Gasteiger partial charge in [-0.2, -0.15) is 13.2 Å². The number of pyridine rings is 1. The molecule has 3 nitrogen and oxygen atoms in total. The zero-order valence-corrected chi connectivity index (χ0v) is 11.6. The molecule has 0 atom stereocenters. The van der Waals surface area contributed by atoms with E-state index in [1.165, 1.54) is 24.5 Å². The number of carbonyl (C=O) groups excluding carboxylic acids is 1. The number of aryl methyl sites for hydroxylation is 1. The van der Waals surface area contributed by atoms with E-state index in [4.69, 9.17) is 11.6 Å². The number of amides is 1. The second-order valence-electron chi connectivity index (χ2n) is 4.34. The highest BCUT2D eigenvalue weighted by Crippen LogP contribution is 2.32. The van der Waals surface area contributed by atoms with Gasteiger partial charge < -0.3 is 5.32 Å². The molecular weight excluding hydrogens is 305 g/mol. The van der Waals surface area contributed by atoms with E-state index in [2.05, 4.69) is 10.3 Å². The van der Waals surface area contributed by atoms with Crippen molar-refractivity contribution in [3.05, 3.63) is 58.4 Å². The molecule has 7 heteroatoms. The van der Waals surface area contributed by atoms with Gasteiger partial charge in [-0.3, -0.25) is 9.78 Å². The van der Waals surface area contributed by atoms with Crippen LogP contribution in [0.15, 0.2) is 36.7 Å². The Hall–Kier alpha value is -2.08. The van der Waals surface area contributed by atoms with E-state index in [9.17, 15) is 18.0 Å². The van der Waals surface area contributed by atoms with Crippen LogP contribution in [0.3, 0.4) is 0 Å². The van der Waals surface area contributed by atoms with Crippen molar-refractivity contribution in [2.24, 2.45) is 0 Å². The molecule has 0 radical (unpaired) electrons. The number of halogens is 4. The van der Waals surface area contributed by atoms with Gasteiger partial charge in [-0.25, -0.2) is 0 Å². The van der Waals surface area contributed by atoms with E-state index >= 15 is 0 Å². The number of hydrogen-bond acceptors (Lipinski definition) is 2. The summed E-state index contributed by atoms with van der Waals surface area (Å²) in [5.41, 5.74) is -0.150. The van der Waals surface area contributed by atoms with E-state index in [-0.39, 0.29) is 16.3 Å². The molecule has 2 rings (SSSR count). The van der Waals surface area contributed by atoms with E-state index in [1.54, 1.807) is 6.92 Å². The van der Waals surface area contributed by atoms with Crippen molar-refractivity contribution in [1.82, 2.24) is 4.98 Å². The lowest BCUT2D eigenvalue weighted by atomic mass is 10.1. The monoisotopic (exact) mass is 314 g/mol. The van der Waals surface area contributed by atoms with Crippen LogP contribution in [0.5, 0.6) is 0 Å². The van der Waals surface area contributed by atoms with Crippen molar-refractivity contribution in [3.63, 3.8) is 0 Å². The van der Waals surface area contributed by atoms with Gasteiger partial charge in [0, 0.05) is 18.1 Å². The molecule has 1 heterocycles. The fourth-order valence-corrected chi connectivity index (χ4v) is 1.86. The first kappa shape index (κ1) is 15.3. The predicted molar refractivity (Wildman–Crippen MR) is 73.4 cm³/mol. The van der Waals surface area contributed by atoms with Gasteiger partial charge in [-0.1, -0.05) is 17.7 Å².